The van der Waals surface area contributed by atoms with E-state index in [0.717, 1.165) is 45.8 Å². The number of benzene rings is 1. The molecule has 8 nitrogen and oxygen atoms in total. The van der Waals surface area contributed by atoms with Crippen molar-refractivity contribution >= 4 is 39.3 Å². The molecule has 0 radical (unpaired) electrons. The number of pyridine rings is 2. The molecule has 4 aromatic rings. The first-order valence-electron chi connectivity index (χ1n) is 9.71. The van der Waals surface area contributed by atoms with E-state index in [9.17, 15) is 4.79 Å². The lowest BCUT2D eigenvalue weighted by molar-refractivity contribution is -0.117. The molecule has 1 aliphatic rings. The van der Waals surface area contributed by atoms with Gasteiger partial charge in [-0.2, -0.15) is 0 Å². The monoisotopic (exact) mass is 397 g/mol. The zero-order chi connectivity index (χ0) is 20.7. The van der Waals surface area contributed by atoms with Gasteiger partial charge in [-0.25, -0.2) is 14.6 Å². The van der Waals surface area contributed by atoms with Crippen LogP contribution in [0.5, 0.6) is 0 Å². The second-order valence-corrected chi connectivity index (χ2v) is 7.32. The van der Waals surface area contributed by atoms with Crippen molar-refractivity contribution in [2.75, 3.05) is 17.7 Å². The lowest BCUT2D eigenvalue weighted by Gasteiger charge is -2.09. The van der Waals surface area contributed by atoms with Crippen LogP contribution in [-0.2, 0) is 11.8 Å². The number of carbonyl (C=O) groups excluding carboxylic acids is 1. The molecule has 0 spiro atoms. The van der Waals surface area contributed by atoms with Crippen molar-refractivity contribution in [2.24, 2.45) is 13.0 Å². The van der Waals surface area contributed by atoms with Gasteiger partial charge >= 0.3 is 0 Å². The van der Waals surface area contributed by atoms with Gasteiger partial charge < -0.3 is 10.6 Å². The molecule has 0 unspecified atom stereocenters. The van der Waals surface area contributed by atoms with Crippen LogP contribution in [0.3, 0.4) is 0 Å². The van der Waals surface area contributed by atoms with Gasteiger partial charge in [0.15, 0.2) is 0 Å². The first-order valence-corrected chi connectivity index (χ1v) is 9.71. The highest BCUT2D eigenvalue weighted by Gasteiger charge is 2.29. The second kappa shape index (κ2) is 7.12. The molecule has 3 heterocycles. The van der Waals surface area contributed by atoms with Gasteiger partial charge in [-0.3, -0.25) is 4.79 Å². The molecule has 1 saturated carbocycles. The molecule has 0 aliphatic heterocycles. The SMILES string of the molecule is CNc1ncc(C#Cc2ccc3c(c2)nnn3C)c2cc(NC(=O)C3CC3)ncc12. The van der Waals surface area contributed by atoms with E-state index >= 15 is 0 Å². The number of anilines is 2. The summed E-state index contributed by atoms with van der Waals surface area (Å²) in [6.45, 7) is 0. The number of hydrogen-bond donors (Lipinski definition) is 2. The minimum atomic E-state index is 0.0228. The maximum Gasteiger partial charge on any atom is 0.228 e. The van der Waals surface area contributed by atoms with Gasteiger partial charge in [-0.15, -0.1) is 5.10 Å². The van der Waals surface area contributed by atoms with Crippen LogP contribution in [0.25, 0.3) is 21.8 Å². The molecule has 0 saturated heterocycles. The first-order chi connectivity index (χ1) is 14.6. The fourth-order valence-corrected chi connectivity index (χ4v) is 3.33. The van der Waals surface area contributed by atoms with E-state index in [1.165, 1.54) is 0 Å². The average Bonchev–Trinajstić information content (AvgIpc) is 3.55. The molecule has 1 aromatic carbocycles. The lowest BCUT2D eigenvalue weighted by atomic mass is 10.1. The average molecular weight is 397 g/mol. The number of aromatic nitrogens is 5. The molecule has 148 valence electrons. The third-order valence-corrected chi connectivity index (χ3v) is 5.16. The van der Waals surface area contributed by atoms with Gasteiger partial charge in [0.1, 0.15) is 17.2 Å². The van der Waals surface area contributed by atoms with Gasteiger partial charge in [0.05, 0.1) is 11.1 Å². The van der Waals surface area contributed by atoms with Crippen molar-refractivity contribution in [3.63, 3.8) is 0 Å². The molecule has 1 fully saturated rings. The third kappa shape index (κ3) is 3.31. The summed E-state index contributed by atoms with van der Waals surface area (Å²) >= 11 is 0. The zero-order valence-corrected chi connectivity index (χ0v) is 16.6. The topological polar surface area (TPSA) is 97.6 Å². The van der Waals surface area contributed by atoms with Crippen LogP contribution < -0.4 is 10.6 Å². The maximum absolute atomic E-state index is 12.1. The molecular weight excluding hydrogens is 378 g/mol. The number of nitrogens with zero attached hydrogens (tertiary/aromatic N) is 5. The Labute approximate surface area is 172 Å². The fourth-order valence-electron chi connectivity index (χ4n) is 3.33. The molecule has 3 aromatic heterocycles. The summed E-state index contributed by atoms with van der Waals surface area (Å²) in [5, 5.41) is 15.9. The summed E-state index contributed by atoms with van der Waals surface area (Å²) in [4.78, 5) is 21.0. The minimum absolute atomic E-state index is 0.0228. The van der Waals surface area contributed by atoms with E-state index in [1.807, 2.05) is 38.4 Å². The predicted molar refractivity (Wildman–Crippen MR) is 115 cm³/mol. The Kier molecular flexibility index (Phi) is 4.29. The number of carbonyl (C=O) groups is 1. The second-order valence-electron chi connectivity index (χ2n) is 7.32. The highest BCUT2D eigenvalue weighted by atomic mass is 16.2. The highest BCUT2D eigenvalue weighted by molar-refractivity contribution is 5.99. The van der Waals surface area contributed by atoms with Crippen LogP contribution in [0, 0.1) is 17.8 Å². The molecule has 30 heavy (non-hydrogen) atoms. The Morgan fingerprint density at radius 3 is 2.80 bits per heavy atom. The predicted octanol–water partition coefficient (Wildman–Crippen LogP) is 2.70. The Morgan fingerprint density at radius 1 is 1.13 bits per heavy atom. The van der Waals surface area contributed by atoms with Crippen LogP contribution in [0.2, 0.25) is 0 Å². The van der Waals surface area contributed by atoms with E-state index < -0.39 is 0 Å². The summed E-state index contributed by atoms with van der Waals surface area (Å²) in [5.41, 5.74) is 3.35. The molecule has 1 amide bonds. The third-order valence-electron chi connectivity index (χ3n) is 5.16. The highest BCUT2D eigenvalue weighted by Crippen LogP contribution is 2.31. The number of fused-ring (bicyclic) bond motifs is 2. The van der Waals surface area contributed by atoms with Crippen molar-refractivity contribution < 1.29 is 4.79 Å². The molecule has 5 rings (SSSR count). The van der Waals surface area contributed by atoms with Crippen molar-refractivity contribution in [3.8, 4) is 11.8 Å². The van der Waals surface area contributed by atoms with Crippen molar-refractivity contribution in [3.05, 3.63) is 47.8 Å². The van der Waals surface area contributed by atoms with Gasteiger partial charge in [0, 0.05) is 48.7 Å². The largest absolute Gasteiger partial charge is 0.373 e. The summed E-state index contributed by atoms with van der Waals surface area (Å²) in [5.74, 6) is 7.77. The van der Waals surface area contributed by atoms with Gasteiger partial charge in [0.2, 0.25) is 5.91 Å². The maximum atomic E-state index is 12.1. The van der Waals surface area contributed by atoms with E-state index in [0.29, 0.717) is 11.6 Å². The summed E-state index contributed by atoms with van der Waals surface area (Å²) in [6.07, 6.45) is 5.34. The number of hydrogen-bond acceptors (Lipinski definition) is 6. The summed E-state index contributed by atoms with van der Waals surface area (Å²) in [7, 11) is 3.67. The minimum Gasteiger partial charge on any atom is -0.373 e. The van der Waals surface area contributed by atoms with Crippen molar-refractivity contribution in [2.45, 2.75) is 12.8 Å². The normalized spacial score (nSPS) is 13.1. The number of amides is 1. The van der Waals surface area contributed by atoms with E-state index in [2.05, 4.69) is 42.8 Å². The van der Waals surface area contributed by atoms with Gasteiger partial charge in [-0.1, -0.05) is 17.1 Å². The molecule has 8 heteroatoms. The number of rotatable bonds is 3. The standard InChI is InChI=1S/C22H19N7O/c1-23-21-17-12-24-20(26-22(30)14-6-7-14)10-16(17)15(11-25-21)5-3-13-4-8-19-18(9-13)27-28-29(19)2/h4,8-12,14H,6-7H2,1-2H3,(H,23,25)(H,24,26,30). The first kappa shape index (κ1) is 18.1. The molecule has 0 bridgehead atoms. The van der Waals surface area contributed by atoms with Gasteiger partial charge in [-0.05, 0) is 37.1 Å². The number of nitrogens with one attached hydrogen (secondary N) is 2. The van der Waals surface area contributed by atoms with Crippen LogP contribution in [0.4, 0.5) is 11.6 Å². The summed E-state index contributed by atoms with van der Waals surface area (Å²) in [6, 6.07) is 7.66. The van der Waals surface area contributed by atoms with Crippen LogP contribution in [0.15, 0.2) is 36.7 Å². The van der Waals surface area contributed by atoms with E-state index in [-0.39, 0.29) is 11.8 Å². The van der Waals surface area contributed by atoms with Crippen LogP contribution >= 0.6 is 0 Å². The van der Waals surface area contributed by atoms with Gasteiger partial charge in [0.25, 0.3) is 0 Å². The van der Waals surface area contributed by atoms with E-state index in [1.54, 1.807) is 17.1 Å². The smallest absolute Gasteiger partial charge is 0.228 e. The van der Waals surface area contributed by atoms with Crippen LogP contribution in [-0.4, -0.2) is 37.9 Å². The van der Waals surface area contributed by atoms with Crippen molar-refractivity contribution in [1.82, 2.24) is 25.0 Å². The molecule has 0 atom stereocenters. The van der Waals surface area contributed by atoms with Crippen LogP contribution in [0.1, 0.15) is 24.0 Å². The Balaban J connectivity index is 1.55. The number of aryl methyl sites for hydroxylation is 1. The molecular formula is C22H19N7O. The molecule has 1 aliphatic carbocycles. The Bertz CT molecular complexity index is 1360. The quantitative estimate of drug-likeness (QED) is 0.516. The van der Waals surface area contributed by atoms with E-state index in [4.69, 9.17) is 0 Å². The summed E-state index contributed by atoms with van der Waals surface area (Å²) < 4.78 is 1.73. The van der Waals surface area contributed by atoms with Crippen molar-refractivity contribution in [1.29, 1.82) is 0 Å². The lowest BCUT2D eigenvalue weighted by Crippen LogP contribution is -2.14. The molecule has 2 N–H and O–H groups in total. The fraction of sp³-hybridized carbons (Fsp3) is 0.227. The Morgan fingerprint density at radius 2 is 2.00 bits per heavy atom. The Hall–Kier alpha value is -3.99. The zero-order valence-electron chi connectivity index (χ0n) is 16.6.